The Morgan fingerprint density at radius 3 is 2.50 bits per heavy atom. The maximum Gasteiger partial charge on any atom is 0.338 e. The zero-order valence-electron chi connectivity index (χ0n) is 27.1. The number of carbonyl (C=O) groups excluding carboxylic acids is 1. The highest BCUT2D eigenvalue weighted by Crippen LogP contribution is 2.77. The summed E-state index contributed by atoms with van der Waals surface area (Å²) in [6.45, 7) is 7.55. The van der Waals surface area contributed by atoms with Crippen LogP contribution in [0.15, 0.2) is 18.2 Å². The predicted molar refractivity (Wildman–Crippen MR) is 163 cm³/mol. The van der Waals surface area contributed by atoms with Crippen molar-refractivity contribution in [2.45, 2.75) is 113 Å². The maximum absolute atomic E-state index is 13.3. The summed E-state index contributed by atoms with van der Waals surface area (Å²) in [7, 11) is 1.39. The number of phenols is 1. The molecule has 0 radical (unpaired) electrons. The minimum atomic E-state index is -1.81. The molecule has 254 valence electrons. The number of hydrogen-bond donors (Lipinski definition) is 6. The van der Waals surface area contributed by atoms with E-state index in [1.165, 1.54) is 25.3 Å². The number of ether oxygens (including phenoxy) is 3. The summed E-state index contributed by atoms with van der Waals surface area (Å²) >= 11 is 0. The average Bonchev–Trinajstić information content (AvgIpc) is 3.25. The number of nitrogens with zero attached hydrogens (tertiary/aromatic N) is 1. The van der Waals surface area contributed by atoms with E-state index in [2.05, 4.69) is 18.7 Å². The van der Waals surface area contributed by atoms with E-state index in [-0.39, 0.29) is 34.9 Å². The normalized spacial score (nSPS) is 53.8. The largest absolute Gasteiger partial charge is 0.504 e. The first-order valence-corrected chi connectivity index (χ1v) is 17.2. The van der Waals surface area contributed by atoms with Crippen molar-refractivity contribution in [1.29, 1.82) is 0 Å². The Morgan fingerprint density at radius 1 is 1.02 bits per heavy atom. The van der Waals surface area contributed by atoms with Crippen molar-refractivity contribution in [3.8, 4) is 11.5 Å². The number of benzene rings is 1. The van der Waals surface area contributed by atoms with Gasteiger partial charge in [-0.05, 0) is 87.8 Å². The number of carbonyl (C=O) groups is 1. The average molecular weight is 644 g/mol. The summed E-state index contributed by atoms with van der Waals surface area (Å²) in [5.74, 6) is -4.32. The molecule has 7 aliphatic rings. The van der Waals surface area contributed by atoms with Crippen LogP contribution in [-0.2, 0) is 9.47 Å². The molecule has 7 fully saturated rings. The summed E-state index contributed by atoms with van der Waals surface area (Å²) in [5, 5.41) is 70.9. The van der Waals surface area contributed by atoms with Gasteiger partial charge in [0.05, 0.1) is 30.0 Å². The van der Waals surface area contributed by atoms with Crippen molar-refractivity contribution < 1.29 is 49.6 Å². The number of aliphatic hydroxyl groups excluding tert-OH is 2. The molecule has 0 aromatic heterocycles. The van der Waals surface area contributed by atoms with Crippen molar-refractivity contribution in [3.63, 3.8) is 0 Å². The summed E-state index contributed by atoms with van der Waals surface area (Å²) < 4.78 is 18.0. The highest BCUT2D eigenvalue weighted by Gasteiger charge is 2.85. The molecule has 1 aromatic rings. The molecule has 8 rings (SSSR count). The first-order chi connectivity index (χ1) is 21.6. The van der Waals surface area contributed by atoms with E-state index < -0.39 is 70.0 Å². The summed E-state index contributed by atoms with van der Waals surface area (Å²) in [4.78, 5) is 15.7. The second-order valence-corrected chi connectivity index (χ2v) is 16.4. The summed E-state index contributed by atoms with van der Waals surface area (Å²) in [6.07, 6.45) is 0.301. The van der Waals surface area contributed by atoms with Gasteiger partial charge in [0, 0.05) is 42.3 Å². The van der Waals surface area contributed by atoms with Gasteiger partial charge in [-0.3, -0.25) is 4.90 Å². The number of aromatic hydroxyl groups is 1. The highest BCUT2D eigenvalue weighted by atomic mass is 16.7. The van der Waals surface area contributed by atoms with Gasteiger partial charge in [-0.2, -0.15) is 0 Å². The monoisotopic (exact) mass is 643 g/mol. The first-order valence-electron chi connectivity index (χ1n) is 17.2. The summed E-state index contributed by atoms with van der Waals surface area (Å²) in [6, 6.07) is 4.05. The number of hydrogen-bond acceptors (Lipinski definition) is 11. The van der Waals surface area contributed by atoms with E-state index in [4.69, 9.17) is 14.2 Å². The van der Waals surface area contributed by atoms with Crippen molar-refractivity contribution in [1.82, 2.24) is 4.90 Å². The van der Waals surface area contributed by atoms with Crippen LogP contribution < -0.4 is 4.74 Å². The zero-order valence-corrected chi connectivity index (χ0v) is 27.1. The van der Waals surface area contributed by atoms with Crippen LogP contribution in [0.25, 0.3) is 0 Å². The fraction of sp³-hybridized carbons (Fsp3) is 0.800. The van der Waals surface area contributed by atoms with Crippen molar-refractivity contribution in [2.24, 2.45) is 40.9 Å². The smallest absolute Gasteiger partial charge is 0.338 e. The van der Waals surface area contributed by atoms with Crippen LogP contribution >= 0.6 is 0 Å². The molecule has 1 aromatic carbocycles. The van der Waals surface area contributed by atoms with Crippen LogP contribution in [0, 0.1) is 40.9 Å². The number of esters is 1. The van der Waals surface area contributed by atoms with Crippen LogP contribution in [-0.4, -0.2) is 109 Å². The van der Waals surface area contributed by atoms with Gasteiger partial charge in [-0.1, -0.05) is 13.8 Å². The second-order valence-electron chi connectivity index (χ2n) is 16.4. The van der Waals surface area contributed by atoms with Crippen LogP contribution in [0.1, 0.15) is 76.1 Å². The third kappa shape index (κ3) is 3.66. The molecular formula is C35H49NO10. The van der Waals surface area contributed by atoms with E-state index >= 15 is 0 Å². The SMILES string of the molecule is COc1cc(C(=O)O[C@H]2CC[C@@]3(C)C4CCC5[C@@]6(O)C(C[C@]53O[C@]42O)C2CN3C[C@@H](C)CC[C@H]3C(C)(O)C2[C@@H](O)[C@@H]6O)ccc1O. The molecule has 0 amide bonds. The topological polar surface area (TPSA) is 169 Å². The molecule has 11 nitrogen and oxygen atoms in total. The minimum Gasteiger partial charge on any atom is -0.504 e. The number of methoxy groups -OCH3 is 1. The maximum atomic E-state index is 13.3. The third-order valence-corrected chi connectivity index (χ3v) is 14.5. The lowest BCUT2D eigenvalue weighted by atomic mass is 9.49. The van der Waals surface area contributed by atoms with Crippen molar-refractivity contribution >= 4 is 5.97 Å². The van der Waals surface area contributed by atoms with Crippen LogP contribution in [0.3, 0.4) is 0 Å². The predicted octanol–water partition coefficient (Wildman–Crippen LogP) is 1.79. The van der Waals surface area contributed by atoms with Crippen molar-refractivity contribution in [2.75, 3.05) is 20.2 Å². The van der Waals surface area contributed by atoms with Crippen LogP contribution in [0.5, 0.6) is 11.5 Å². The first kappa shape index (κ1) is 31.3. The molecule has 3 saturated heterocycles. The lowest BCUT2D eigenvalue weighted by Crippen LogP contribution is -2.76. The van der Waals surface area contributed by atoms with Gasteiger partial charge in [0.25, 0.3) is 0 Å². The fourth-order valence-corrected chi connectivity index (χ4v) is 12.5. The Labute approximate surface area is 269 Å². The molecule has 11 heteroatoms. The molecule has 4 bridgehead atoms. The molecule has 6 N–H and O–H groups in total. The molecule has 4 aliphatic carbocycles. The standard InChI is InChI=1S/C35H49NO10/c1-17-5-10-25-32(3,41)27-19(16-36(25)15-17)20-14-33-24(34(20,42)29(39)28(27)38)9-8-23-31(33,2)12-11-26(35(23,43)46-33)45-30(40)18-6-7-21(37)22(13-18)44-4/h6-7,13,17,19-20,23-29,37-39,41-43H,5,8-12,14-16H2,1-4H3/t17-,19?,20?,23?,24?,25-,26-,27?,28+,29-,31-,32?,33-,34-,35+/m0/s1. The Bertz CT molecular complexity index is 1440. The molecule has 4 saturated carbocycles. The fourth-order valence-electron chi connectivity index (χ4n) is 12.5. The highest BCUT2D eigenvalue weighted by molar-refractivity contribution is 5.90. The lowest BCUT2D eigenvalue weighted by Gasteiger charge is -2.63. The Morgan fingerprint density at radius 2 is 1.76 bits per heavy atom. The van der Waals surface area contributed by atoms with E-state index in [0.717, 1.165) is 19.4 Å². The van der Waals surface area contributed by atoms with Crippen LogP contribution in [0.4, 0.5) is 0 Å². The van der Waals surface area contributed by atoms with E-state index in [0.29, 0.717) is 44.6 Å². The molecule has 46 heavy (non-hydrogen) atoms. The molecule has 1 spiro atoms. The number of fused-ring (bicyclic) bond motifs is 5. The minimum absolute atomic E-state index is 0.107. The Kier molecular flexibility index (Phi) is 6.67. The van der Waals surface area contributed by atoms with Gasteiger partial charge in [-0.25, -0.2) is 4.79 Å². The van der Waals surface area contributed by atoms with E-state index in [9.17, 15) is 35.4 Å². The zero-order chi connectivity index (χ0) is 32.8. The van der Waals surface area contributed by atoms with Gasteiger partial charge in [0.1, 0.15) is 11.7 Å². The molecule has 3 heterocycles. The van der Waals surface area contributed by atoms with Crippen molar-refractivity contribution in [3.05, 3.63) is 23.8 Å². The molecule has 15 atom stereocenters. The van der Waals surface area contributed by atoms with Gasteiger partial charge in [0.15, 0.2) is 17.6 Å². The summed E-state index contributed by atoms with van der Waals surface area (Å²) in [5.41, 5.74) is -4.38. The van der Waals surface area contributed by atoms with Gasteiger partial charge < -0.3 is 44.8 Å². The van der Waals surface area contributed by atoms with E-state index in [1.807, 2.05) is 0 Å². The third-order valence-electron chi connectivity index (χ3n) is 14.5. The Hall–Kier alpha value is -1.99. The lowest BCUT2D eigenvalue weighted by molar-refractivity contribution is -0.290. The number of aliphatic hydroxyl groups is 5. The van der Waals surface area contributed by atoms with Gasteiger partial charge in [-0.15, -0.1) is 0 Å². The molecular weight excluding hydrogens is 594 g/mol. The quantitative estimate of drug-likeness (QED) is 0.266. The molecule has 3 aliphatic heterocycles. The Balaban J connectivity index is 1.15. The number of rotatable bonds is 3. The van der Waals surface area contributed by atoms with Gasteiger partial charge >= 0.3 is 5.97 Å². The van der Waals surface area contributed by atoms with E-state index in [1.54, 1.807) is 6.92 Å². The second kappa shape index (κ2) is 9.80. The number of piperidine rings is 2. The van der Waals surface area contributed by atoms with Crippen LogP contribution in [0.2, 0.25) is 0 Å². The van der Waals surface area contributed by atoms with Gasteiger partial charge in [0.2, 0.25) is 5.79 Å². The number of phenolic OH excluding ortho intramolecular Hbond substituents is 1. The molecule has 6 unspecified atom stereocenters.